The van der Waals surface area contributed by atoms with Gasteiger partial charge in [-0.2, -0.15) is 0 Å². The van der Waals surface area contributed by atoms with Gasteiger partial charge in [0.15, 0.2) is 11.6 Å². The van der Waals surface area contributed by atoms with Gasteiger partial charge in [0.1, 0.15) is 0 Å². The minimum absolute atomic E-state index is 0.0116. The van der Waals surface area contributed by atoms with E-state index < -0.39 is 11.6 Å². The molecule has 0 bridgehead atoms. The highest BCUT2D eigenvalue weighted by molar-refractivity contribution is 9.10. The third-order valence-electron chi connectivity index (χ3n) is 2.45. The van der Waals surface area contributed by atoms with E-state index in [4.69, 9.17) is 0 Å². The maximum absolute atomic E-state index is 13.3. The van der Waals surface area contributed by atoms with Crippen LogP contribution in [0, 0.1) is 11.6 Å². The molecule has 0 aromatic heterocycles. The zero-order valence-corrected chi connectivity index (χ0v) is 10.7. The molecule has 0 aliphatic carbocycles. The highest BCUT2D eigenvalue weighted by atomic mass is 79.9. The highest BCUT2D eigenvalue weighted by Gasteiger charge is 2.17. The molecule has 1 aromatic rings. The second-order valence-corrected chi connectivity index (χ2v) is 4.26. The summed E-state index contributed by atoms with van der Waals surface area (Å²) in [6.07, 6.45) is 3.42. The van der Waals surface area contributed by atoms with Crippen molar-refractivity contribution in [1.82, 2.24) is 5.32 Å². The van der Waals surface area contributed by atoms with Crippen LogP contribution in [-0.2, 0) is 0 Å². The first kappa shape index (κ1) is 13.3. The number of nitrogens with one attached hydrogen (secondary N) is 1. The zero-order valence-electron chi connectivity index (χ0n) is 9.06. The third-order valence-corrected chi connectivity index (χ3v) is 3.25. The van der Waals surface area contributed by atoms with E-state index in [2.05, 4.69) is 27.8 Å². The Morgan fingerprint density at radius 1 is 1.50 bits per heavy atom. The second-order valence-electron chi connectivity index (χ2n) is 3.47. The standard InChI is InChI=1S/C12H14BrF2N/c1-3-4-5-10(16-2)8-6-7-9(14)12(15)11(8)13/h3,6-7,10,16H,1,4-5H2,2H3. The van der Waals surface area contributed by atoms with Crippen molar-refractivity contribution in [2.45, 2.75) is 18.9 Å². The van der Waals surface area contributed by atoms with Gasteiger partial charge in [-0.15, -0.1) is 6.58 Å². The fourth-order valence-electron chi connectivity index (χ4n) is 1.55. The van der Waals surface area contributed by atoms with Crippen LogP contribution in [0.1, 0.15) is 24.4 Å². The topological polar surface area (TPSA) is 12.0 Å². The van der Waals surface area contributed by atoms with Gasteiger partial charge in [-0.25, -0.2) is 8.78 Å². The molecule has 0 spiro atoms. The molecular formula is C12H14BrF2N. The van der Waals surface area contributed by atoms with Gasteiger partial charge < -0.3 is 5.32 Å². The number of benzene rings is 1. The van der Waals surface area contributed by atoms with Gasteiger partial charge in [0.2, 0.25) is 0 Å². The first-order valence-electron chi connectivity index (χ1n) is 5.03. The predicted octanol–water partition coefficient (Wildman–Crippen LogP) is 3.95. The van der Waals surface area contributed by atoms with Gasteiger partial charge >= 0.3 is 0 Å². The molecule has 1 rings (SSSR count). The Balaban J connectivity index is 3.01. The summed E-state index contributed by atoms with van der Waals surface area (Å²) in [5, 5.41) is 3.07. The first-order chi connectivity index (χ1) is 7.61. The molecular weight excluding hydrogens is 276 g/mol. The van der Waals surface area contributed by atoms with Crippen LogP contribution in [0.3, 0.4) is 0 Å². The smallest absolute Gasteiger partial charge is 0.173 e. The summed E-state index contributed by atoms with van der Waals surface area (Å²) in [5.41, 5.74) is 0.725. The van der Waals surface area contributed by atoms with Gasteiger partial charge in [0.25, 0.3) is 0 Å². The van der Waals surface area contributed by atoms with E-state index in [-0.39, 0.29) is 10.5 Å². The number of hydrogen-bond acceptors (Lipinski definition) is 1. The third kappa shape index (κ3) is 2.89. The average Bonchev–Trinajstić information content (AvgIpc) is 2.29. The lowest BCUT2D eigenvalue weighted by molar-refractivity contribution is 0.491. The summed E-state index contributed by atoms with van der Waals surface area (Å²) in [6, 6.07) is 2.72. The summed E-state index contributed by atoms with van der Waals surface area (Å²) in [5.74, 6) is -1.68. The Labute approximate surface area is 103 Å². The van der Waals surface area contributed by atoms with Crippen molar-refractivity contribution in [3.8, 4) is 0 Å². The summed E-state index contributed by atoms with van der Waals surface area (Å²) >= 11 is 3.08. The Hall–Kier alpha value is -0.740. The van der Waals surface area contributed by atoms with Crippen molar-refractivity contribution in [3.05, 3.63) is 46.5 Å². The summed E-state index contributed by atoms with van der Waals surface area (Å²) < 4.78 is 26.5. The zero-order chi connectivity index (χ0) is 12.1. The van der Waals surface area contributed by atoms with Gasteiger partial charge in [-0.05, 0) is 47.4 Å². The first-order valence-corrected chi connectivity index (χ1v) is 5.82. The van der Waals surface area contributed by atoms with Crippen molar-refractivity contribution < 1.29 is 8.78 Å². The van der Waals surface area contributed by atoms with Crippen LogP contribution in [0.25, 0.3) is 0 Å². The van der Waals surface area contributed by atoms with Crippen molar-refractivity contribution in [1.29, 1.82) is 0 Å². The van der Waals surface area contributed by atoms with Crippen molar-refractivity contribution >= 4 is 15.9 Å². The van der Waals surface area contributed by atoms with Gasteiger partial charge in [-0.3, -0.25) is 0 Å². The molecule has 0 saturated heterocycles. The number of rotatable bonds is 5. The molecule has 1 nitrogen and oxygen atoms in total. The lowest BCUT2D eigenvalue weighted by atomic mass is 10.0. The molecule has 0 saturated carbocycles. The maximum atomic E-state index is 13.3. The van der Waals surface area contributed by atoms with E-state index in [0.29, 0.717) is 0 Å². The molecule has 1 aromatic carbocycles. The Bertz CT molecular complexity index is 380. The predicted molar refractivity (Wildman–Crippen MR) is 65.3 cm³/mol. The van der Waals surface area contributed by atoms with Crippen molar-refractivity contribution in [3.63, 3.8) is 0 Å². The largest absolute Gasteiger partial charge is 0.313 e. The monoisotopic (exact) mass is 289 g/mol. The molecule has 0 aliphatic rings. The van der Waals surface area contributed by atoms with Crippen molar-refractivity contribution in [2.24, 2.45) is 0 Å². The molecule has 16 heavy (non-hydrogen) atoms. The van der Waals surface area contributed by atoms with Crippen LogP contribution in [-0.4, -0.2) is 7.05 Å². The molecule has 0 amide bonds. The molecule has 0 heterocycles. The van der Waals surface area contributed by atoms with Crippen LogP contribution in [0.2, 0.25) is 0 Å². The maximum Gasteiger partial charge on any atom is 0.173 e. The normalized spacial score (nSPS) is 12.5. The van der Waals surface area contributed by atoms with E-state index in [0.717, 1.165) is 24.5 Å². The fraction of sp³-hybridized carbons (Fsp3) is 0.333. The van der Waals surface area contributed by atoms with Crippen LogP contribution >= 0.6 is 15.9 Å². The van der Waals surface area contributed by atoms with Crippen LogP contribution in [0.5, 0.6) is 0 Å². The molecule has 1 atom stereocenters. The molecule has 0 fully saturated rings. The summed E-state index contributed by atoms with van der Waals surface area (Å²) in [4.78, 5) is 0. The summed E-state index contributed by atoms with van der Waals surface area (Å²) in [7, 11) is 1.79. The molecule has 4 heteroatoms. The van der Waals surface area contributed by atoms with Gasteiger partial charge in [-0.1, -0.05) is 12.1 Å². The van der Waals surface area contributed by atoms with Gasteiger partial charge in [0, 0.05) is 6.04 Å². The SMILES string of the molecule is C=CCCC(NC)c1ccc(F)c(F)c1Br. The van der Waals surface area contributed by atoms with Crippen LogP contribution < -0.4 is 5.32 Å². The minimum Gasteiger partial charge on any atom is -0.313 e. The van der Waals surface area contributed by atoms with Gasteiger partial charge in [0.05, 0.1) is 4.47 Å². The van der Waals surface area contributed by atoms with E-state index >= 15 is 0 Å². The number of halogens is 3. The average molecular weight is 290 g/mol. The molecule has 0 aliphatic heterocycles. The summed E-state index contributed by atoms with van der Waals surface area (Å²) in [6.45, 7) is 3.64. The lowest BCUT2D eigenvalue weighted by Crippen LogP contribution is -2.17. The van der Waals surface area contributed by atoms with Crippen LogP contribution in [0.4, 0.5) is 8.78 Å². The molecule has 1 unspecified atom stereocenters. The molecule has 88 valence electrons. The van der Waals surface area contributed by atoms with Crippen LogP contribution in [0.15, 0.2) is 29.3 Å². The Kier molecular flexibility index (Phi) is 5.09. The molecule has 0 radical (unpaired) electrons. The van der Waals surface area contributed by atoms with Crippen molar-refractivity contribution in [2.75, 3.05) is 7.05 Å². The Morgan fingerprint density at radius 3 is 2.75 bits per heavy atom. The van der Waals surface area contributed by atoms with E-state index in [1.54, 1.807) is 19.2 Å². The fourth-order valence-corrected chi connectivity index (χ4v) is 2.15. The lowest BCUT2D eigenvalue weighted by Gasteiger charge is -2.17. The number of hydrogen-bond donors (Lipinski definition) is 1. The second kappa shape index (κ2) is 6.11. The Morgan fingerprint density at radius 2 is 2.19 bits per heavy atom. The minimum atomic E-state index is -0.839. The van der Waals surface area contributed by atoms with E-state index in [1.165, 1.54) is 0 Å². The molecule has 1 N–H and O–H groups in total. The number of allylic oxidation sites excluding steroid dienone is 1. The quantitative estimate of drug-likeness (QED) is 0.639. The highest BCUT2D eigenvalue weighted by Crippen LogP contribution is 2.29. The van der Waals surface area contributed by atoms with E-state index in [9.17, 15) is 8.78 Å². The van der Waals surface area contributed by atoms with E-state index in [1.807, 2.05) is 0 Å².